The average molecular weight is 242 g/mol. The Morgan fingerprint density at radius 2 is 2.24 bits per heavy atom. The quantitative estimate of drug-likeness (QED) is 0.784. The number of carbonyl (C=O) groups excluding carboxylic acids is 1. The average Bonchev–Trinajstić information content (AvgIpc) is 2.73. The van der Waals surface area contributed by atoms with Gasteiger partial charge in [-0.05, 0) is 20.8 Å². The highest BCUT2D eigenvalue weighted by molar-refractivity contribution is 5.89. The largest absolute Gasteiger partial charge is 0.374 e. The molecule has 0 aromatic carbocycles. The van der Waals surface area contributed by atoms with Crippen LogP contribution in [0.15, 0.2) is 4.52 Å². The predicted molar refractivity (Wildman–Crippen MR) is 60.3 cm³/mol. The Morgan fingerprint density at radius 3 is 2.76 bits per heavy atom. The van der Waals surface area contributed by atoms with Gasteiger partial charge in [0.25, 0.3) is 11.7 Å². The minimum Gasteiger partial charge on any atom is -0.374 e. The summed E-state index contributed by atoms with van der Waals surface area (Å²) < 4.78 is 10.4. The van der Waals surface area contributed by atoms with Gasteiger partial charge in [-0.2, -0.15) is 4.98 Å². The lowest BCUT2D eigenvalue weighted by molar-refractivity contribution is -0.0134. The van der Waals surface area contributed by atoms with E-state index < -0.39 is 11.9 Å². The Balaban J connectivity index is 2.61. The second kappa shape index (κ2) is 5.24. The zero-order chi connectivity index (χ0) is 13.1. The fraction of sp³-hybridized carbons (Fsp3) is 0.700. The van der Waals surface area contributed by atoms with E-state index in [9.17, 15) is 4.79 Å². The molecule has 7 heteroatoms. The van der Waals surface area contributed by atoms with Crippen molar-refractivity contribution in [3.8, 4) is 0 Å². The molecule has 0 fully saturated rings. The monoisotopic (exact) mass is 242 g/mol. The Morgan fingerprint density at radius 1 is 1.59 bits per heavy atom. The molecular formula is C10H18N4O3. The molecule has 1 rings (SSSR count). The molecule has 1 heterocycles. The highest BCUT2D eigenvalue weighted by atomic mass is 16.5. The maximum atomic E-state index is 11.2. The van der Waals surface area contributed by atoms with Crippen molar-refractivity contribution in [1.29, 1.82) is 0 Å². The second-order valence-electron chi connectivity index (χ2n) is 4.57. The lowest BCUT2D eigenvalue weighted by Crippen LogP contribution is -2.26. The first-order valence-corrected chi connectivity index (χ1v) is 5.28. The van der Waals surface area contributed by atoms with Crippen LogP contribution in [0, 0.1) is 0 Å². The van der Waals surface area contributed by atoms with E-state index in [4.69, 9.17) is 15.0 Å². The fourth-order valence-electron chi connectivity index (χ4n) is 1.00. The van der Waals surface area contributed by atoms with Gasteiger partial charge in [0.2, 0.25) is 5.89 Å². The molecule has 0 unspecified atom stereocenters. The lowest BCUT2D eigenvalue weighted by atomic mass is 10.2. The van der Waals surface area contributed by atoms with Crippen molar-refractivity contribution in [2.75, 3.05) is 13.7 Å². The zero-order valence-corrected chi connectivity index (χ0v) is 10.5. The molecule has 0 saturated carbocycles. The first-order chi connectivity index (χ1) is 7.83. The SMILES string of the molecule is CNC(=O)c1noc([C@@H](N)COC(C)(C)C)n1. The second-order valence-corrected chi connectivity index (χ2v) is 4.57. The number of nitrogens with zero attached hydrogens (tertiary/aromatic N) is 2. The van der Waals surface area contributed by atoms with Crippen LogP contribution < -0.4 is 11.1 Å². The number of ether oxygens (including phenoxy) is 1. The highest BCUT2D eigenvalue weighted by Crippen LogP contribution is 2.13. The van der Waals surface area contributed by atoms with Crippen LogP contribution in [0.5, 0.6) is 0 Å². The molecule has 0 radical (unpaired) electrons. The summed E-state index contributed by atoms with van der Waals surface area (Å²) in [5.74, 6) is -0.259. The van der Waals surface area contributed by atoms with Gasteiger partial charge < -0.3 is 20.3 Å². The van der Waals surface area contributed by atoms with Crippen molar-refractivity contribution in [2.45, 2.75) is 32.4 Å². The molecular weight excluding hydrogens is 224 g/mol. The first-order valence-electron chi connectivity index (χ1n) is 5.28. The van der Waals surface area contributed by atoms with Crippen LogP contribution in [0.1, 0.15) is 43.3 Å². The standard InChI is InChI=1S/C10H18N4O3/c1-10(2,3)16-5-6(11)9-13-7(14-17-9)8(15)12-4/h6H,5,11H2,1-4H3,(H,12,15)/t6-/m0/s1. The van der Waals surface area contributed by atoms with Crippen molar-refractivity contribution in [1.82, 2.24) is 15.5 Å². The molecule has 0 aliphatic carbocycles. The van der Waals surface area contributed by atoms with Crippen LogP contribution in [0.25, 0.3) is 0 Å². The molecule has 0 bridgehead atoms. The normalized spacial score (nSPS) is 13.5. The van der Waals surface area contributed by atoms with Gasteiger partial charge in [-0.1, -0.05) is 5.16 Å². The van der Waals surface area contributed by atoms with Crippen molar-refractivity contribution in [3.63, 3.8) is 0 Å². The van der Waals surface area contributed by atoms with Gasteiger partial charge in [-0.15, -0.1) is 0 Å². The zero-order valence-electron chi connectivity index (χ0n) is 10.5. The van der Waals surface area contributed by atoms with Crippen LogP contribution in [-0.4, -0.2) is 35.3 Å². The maximum Gasteiger partial charge on any atom is 0.292 e. The molecule has 0 aliphatic rings. The van der Waals surface area contributed by atoms with Gasteiger partial charge in [0.05, 0.1) is 12.2 Å². The van der Waals surface area contributed by atoms with Crippen LogP contribution in [0.4, 0.5) is 0 Å². The van der Waals surface area contributed by atoms with E-state index in [0.717, 1.165) is 0 Å². The van der Waals surface area contributed by atoms with E-state index in [1.54, 1.807) is 0 Å². The summed E-state index contributed by atoms with van der Waals surface area (Å²) in [5.41, 5.74) is 5.51. The summed E-state index contributed by atoms with van der Waals surface area (Å²) in [6.45, 7) is 6.01. The summed E-state index contributed by atoms with van der Waals surface area (Å²) in [4.78, 5) is 15.1. The first kappa shape index (κ1) is 13.6. The molecule has 1 aromatic rings. The molecule has 1 atom stereocenters. The smallest absolute Gasteiger partial charge is 0.292 e. The minimum atomic E-state index is -0.542. The molecule has 0 saturated heterocycles. The summed E-state index contributed by atoms with van der Waals surface area (Å²) in [6.07, 6.45) is 0. The molecule has 17 heavy (non-hydrogen) atoms. The topological polar surface area (TPSA) is 103 Å². The van der Waals surface area contributed by atoms with Gasteiger partial charge in [-0.3, -0.25) is 4.79 Å². The van der Waals surface area contributed by atoms with Gasteiger partial charge in [0.1, 0.15) is 6.04 Å². The Kier molecular flexibility index (Phi) is 4.19. The van der Waals surface area contributed by atoms with E-state index in [-0.39, 0.29) is 23.9 Å². The van der Waals surface area contributed by atoms with Crippen LogP contribution >= 0.6 is 0 Å². The predicted octanol–water partition coefficient (Wildman–Crippen LogP) is 0.244. The van der Waals surface area contributed by atoms with Gasteiger partial charge in [0, 0.05) is 7.05 Å². The number of amides is 1. The summed E-state index contributed by atoms with van der Waals surface area (Å²) >= 11 is 0. The van der Waals surface area contributed by atoms with Crippen LogP contribution in [0.3, 0.4) is 0 Å². The lowest BCUT2D eigenvalue weighted by Gasteiger charge is -2.20. The molecule has 7 nitrogen and oxygen atoms in total. The number of aromatic nitrogens is 2. The molecule has 0 aliphatic heterocycles. The summed E-state index contributed by atoms with van der Waals surface area (Å²) in [5, 5.41) is 5.91. The number of nitrogens with two attached hydrogens (primary N) is 1. The van der Waals surface area contributed by atoms with Gasteiger partial charge in [-0.25, -0.2) is 0 Å². The summed E-state index contributed by atoms with van der Waals surface area (Å²) in [7, 11) is 1.49. The Hall–Kier alpha value is -1.47. The van der Waals surface area contributed by atoms with Crippen molar-refractivity contribution >= 4 is 5.91 Å². The number of carbonyl (C=O) groups is 1. The Labute approximate surface area is 99.7 Å². The van der Waals surface area contributed by atoms with Crippen molar-refractivity contribution in [2.24, 2.45) is 5.73 Å². The third-order valence-corrected chi connectivity index (χ3v) is 1.88. The highest BCUT2D eigenvalue weighted by Gasteiger charge is 2.20. The third kappa shape index (κ3) is 4.12. The third-order valence-electron chi connectivity index (χ3n) is 1.88. The van der Waals surface area contributed by atoms with Crippen LogP contribution in [0.2, 0.25) is 0 Å². The van der Waals surface area contributed by atoms with Crippen LogP contribution in [-0.2, 0) is 4.74 Å². The van der Waals surface area contributed by atoms with E-state index in [1.807, 2.05) is 20.8 Å². The summed E-state index contributed by atoms with van der Waals surface area (Å²) in [6, 6.07) is -0.542. The van der Waals surface area contributed by atoms with E-state index >= 15 is 0 Å². The van der Waals surface area contributed by atoms with Crippen molar-refractivity contribution in [3.05, 3.63) is 11.7 Å². The fourth-order valence-corrected chi connectivity index (χ4v) is 1.00. The minimum absolute atomic E-state index is 0.0336. The number of hydrogen-bond acceptors (Lipinski definition) is 6. The van der Waals surface area contributed by atoms with Crippen molar-refractivity contribution < 1.29 is 14.1 Å². The van der Waals surface area contributed by atoms with Gasteiger partial charge in [0.15, 0.2) is 0 Å². The number of hydrogen-bond donors (Lipinski definition) is 2. The number of nitrogens with one attached hydrogen (secondary N) is 1. The van der Waals surface area contributed by atoms with E-state index in [0.29, 0.717) is 0 Å². The molecule has 0 spiro atoms. The van der Waals surface area contributed by atoms with E-state index in [2.05, 4.69) is 15.5 Å². The maximum absolute atomic E-state index is 11.2. The Bertz CT molecular complexity index is 383. The van der Waals surface area contributed by atoms with E-state index in [1.165, 1.54) is 7.05 Å². The molecule has 96 valence electrons. The number of rotatable bonds is 4. The molecule has 3 N–H and O–H groups in total. The van der Waals surface area contributed by atoms with Gasteiger partial charge >= 0.3 is 0 Å². The molecule has 1 amide bonds. The molecule has 1 aromatic heterocycles.